The molecule has 6 heteroatoms. The number of ketones is 1. The fourth-order valence-corrected chi connectivity index (χ4v) is 4.36. The molecule has 2 aromatic carbocycles. The molecule has 2 aliphatic rings. The molecule has 3 heterocycles. The number of hydrogen-bond acceptors (Lipinski definition) is 4. The van der Waals surface area contributed by atoms with Crippen molar-refractivity contribution in [2.24, 2.45) is 0 Å². The molecule has 0 aliphatic carbocycles. The normalized spacial score (nSPS) is 17.2. The predicted octanol–water partition coefficient (Wildman–Crippen LogP) is 3.85. The zero-order valence-corrected chi connectivity index (χ0v) is 17.2. The van der Waals surface area contributed by atoms with Gasteiger partial charge in [0.1, 0.15) is 13.2 Å². The minimum absolute atomic E-state index is 0.00723. The van der Waals surface area contributed by atoms with E-state index in [2.05, 4.69) is 16.8 Å². The lowest BCUT2D eigenvalue weighted by Crippen LogP contribution is -2.42. The van der Waals surface area contributed by atoms with E-state index in [0.717, 1.165) is 17.8 Å². The quantitative estimate of drug-likeness (QED) is 0.593. The standard InChI is InChI=1S/C25H24N2O4/c28-21(19-8-10-22-23(17-19)31-16-15-30-22)9-11-24(29)27-14-13-26-12-4-7-20(26)25(27)18-5-2-1-3-6-18/h1-8,10,12,17,25H,9,11,13-16H2. The SMILES string of the molecule is O=C(CCC(=O)N1CCn2cccc2C1c1ccccc1)c1ccc2c(c1)OCCO2. The second-order valence-corrected chi connectivity index (χ2v) is 7.81. The van der Waals surface area contributed by atoms with Gasteiger partial charge in [0.05, 0.1) is 6.04 Å². The summed E-state index contributed by atoms with van der Waals surface area (Å²) in [5, 5.41) is 0. The summed E-state index contributed by atoms with van der Waals surface area (Å²) in [4.78, 5) is 27.9. The van der Waals surface area contributed by atoms with Crippen molar-refractivity contribution in [3.63, 3.8) is 0 Å². The predicted molar refractivity (Wildman–Crippen MR) is 115 cm³/mol. The Kier molecular flexibility index (Phi) is 5.20. The minimum Gasteiger partial charge on any atom is -0.486 e. The summed E-state index contributed by atoms with van der Waals surface area (Å²) >= 11 is 0. The number of carbonyl (C=O) groups is 2. The van der Waals surface area contributed by atoms with Crippen LogP contribution in [0.25, 0.3) is 0 Å². The molecule has 1 atom stereocenters. The Bertz CT molecular complexity index is 1110. The third-order valence-electron chi connectivity index (χ3n) is 5.90. The highest BCUT2D eigenvalue weighted by Gasteiger charge is 2.32. The molecule has 0 fully saturated rings. The maximum absolute atomic E-state index is 13.2. The van der Waals surface area contributed by atoms with E-state index in [1.165, 1.54) is 0 Å². The first-order valence-corrected chi connectivity index (χ1v) is 10.6. The van der Waals surface area contributed by atoms with Crippen LogP contribution in [-0.2, 0) is 11.3 Å². The molecule has 1 unspecified atom stereocenters. The van der Waals surface area contributed by atoms with E-state index in [1.807, 2.05) is 41.3 Å². The lowest BCUT2D eigenvalue weighted by Gasteiger charge is -2.37. The Morgan fingerprint density at radius 3 is 2.52 bits per heavy atom. The zero-order valence-electron chi connectivity index (χ0n) is 17.2. The van der Waals surface area contributed by atoms with Crippen molar-refractivity contribution in [1.82, 2.24) is 9.47 Å². The van der Waals surface area contributed by atoms with E-state index in [9.17, 15) is 9.59 Å². The maximum atomic E-state index is 13.2. The molecule has 0 N–H and O–H groups in total. The van der Waals surface area contributed by atoms with Gasteiger partial charge in [-0.15, -0.1) is 0 Å². The van der Waals surface area contributed by atoms with Gasteiger partial charge in [-0.25, -0.2) is 0 Å². The summed E-state index contributed by atoms with van der Waals surface area (Å²) in [6.07, 6.45) is 2.40. The number of benzene rings is 2. The summed E-state index contributed by atoms with van der Waals surface area (Å²) in [5.41, 5.74) is 2.72. The first-order valence-electron chi connectivity index (χ1n) is 10.6. The number of fused-ring (bicyclic) bond motifs is 2. The van der Waals surface area contributed by atoms with Gasteiger partial charge >= 0.3 is 0 Å². The Hall–Kier alpha value is -3.54. The molecule has 0 saturated heterocycles. The Balaban J connectivity index is 1.31. The average Bonchev–Trinajstić information content (AvgIpc) is 3.31. The van der Waals surface area contributed by atoms with Gasteiger partial charge in [-0.3, -0.25) is 9.59 Å². The van der Waals surface area contributed by atoms with Gasteiger partial charge in [0.25, 0.3) is 0 Å². The van der Waals surface area contributed by atoms with Crippen LogP contribution in [-0.4, -0.2) is 40.9 Å². The maximum Gasteiger partial charge on any atom is 0.223 e. The van der Waals surface area contributed by atoms with Crippen LogP contribution in [0, 0.1) is 0 Å². The second-order valence-electron chi connectivity index (χ2n) is 7.81. The van der Waals surface area contributed by atoms with Gasteiger partial charge in [-0.1, -0.05) is 30.3 Å². The molecular weight excluding hydrogens is 392 g/mol. The van der Waals surface area contributed by atoms with Crippen molar-refractivity contribution in [1.29, 1.82) is 0 Å². The number of amides is 1. The molecule has 2 aliphatic heterocycles. The fraction of sp³-hybridized carbons (Fsp3) is 0.280. The van der Waals surface area contributed by atoms with Gasteiger partial charge in [-0.2, -0.15) is 0 Å². The summed E-state index contributed by atoms with van der Waals surface area (Å²) in [5.74, 6) is 1.17. The number of rotatable bonds is 5. The van der Waals surface area contributed by atoms with Gasteiger partial charge in [-0.05, 0) is 35.9 Å². The number of aromatic nitrogens is 1. The second kappa shape index (κ2) is 8.30. The van der Waals surface area contributed by atoms with Crippen LogP contribution < -0.4 is 9.47 Å². The Morgan fingerprint density at radius 1 is 0.871 bits per heavy atom. The van der Waals surface area contributed by atoms with Gasteiger partial charge in [0.15, 0.2) is 17.3 Å². The van der Waals surface area contributed by atoms with E-state index < -0.39 is 0 Å². The third kappa shape index (κ3) is 3.81. The minimum atomic E-state index is -0.137. The molecule has 1 amide bonds. The largest absolute Gasteiger partial charge is 0.486 e. The molecule has 1 aromatic heterocycles. The number of Topliss-reactive ketones (excluding diaryl/α,β-unsaturated/α-hetero) is 1. The lowest BCUT2D eigenvalue weighted by atomic mass is 9.98. The third-order valence-corrected chi connectivity index (χ3v) is 5.90. The summed E-state index contributed by atoms with van der Waals surface area (Å²) in [6, 6.07) is 19.2. The number of ether oxygens (including phenoxy) is 2. The monoisotopic (exact) mass is 416 g/mol. The van der Waals surface area contributed by atoms with Crippen molar-refractivity contribution in [2.75, 3.05) is 19.8 Å². The highest BCUT2D eigenvalue weighted by atomic mass is 16.6. The van der Waals surface area contributed by atoms with Crippen molar-refractivity contribution in [3.05, 3.63) is 83.7 Å². The fourth-order valence-electron chi connectivity index (χ4n) is 4.36. The summed E-state index contributed by atoms with van der Waals surface area (Å²) in [7, 11) is 0. The molecule has 3 aromatic rings. The number of carbonyl (C=O) groups excluding carboxylic acids is 2. The topological polar surface area (TPSA) is 60.8 Å². The van der Waals surface area contributed by atoms with E-state index in [1.54, 1.807) is 18.2 Å². The molecule has 158 valence electrons. The van der Waals surface area contributed by atoms with E-state index in [-0.39, 0.29) is 30.6 Å². The molecule has 0 spiro atoms. The van der Waals surface area contributed by atoms with Crippen molar-refractivity contribution in [3.8, 4) is 11.5 Å². The van der Waals surface area contributed by atoms with Gasteiger partial charge in [0, 0.05) is 43.4 Å². The smallest absolute Gasteiger partial charge is 0.223 e. The number of nitrogens with zero attached hydrogens (tertiary/aromatic N) is 2. The van der Waals surface area contributed by atoms with E-state index in [4.69, 9.17) is 9.47 Å². The van der Waals surface area contributed by atoms with Crippen LogP contribution in [0.3, 0.4) is 0 Å². The molecule has 6 nitrogen and oxygen atoms in total. The molecule has 5 rings (SSSR count). The lowest BCUT2D eigenvalue weighted by molar-refractivity contribution is -0.133. The molecule has 31 heavy (non-hydrogen) atoms. The van der Waals surface area contributed by atoms with Crippen LogP contribution in [0.1, 0.15) is 40.5 Å². The first-order chi connectivity index (χ1) is 15.2. The Labute approximate surface area is 181 Å². The molecule has 0 saturated carbocycles. The zero-order chi connectivity index (χ0) is 21.2. The van der Waals surface area contributed by atoms with Crippen LogP contribution >= 0.6 is 0 Å². The molecule has 0 radical (unpaired) electrons. The first kappa shape index (κ1) is 19.4. The van der Waals surface area contributed by atoms with E-state index in [0.29, 0.717) is 36.8 Å². The van der Waals surface area contributed by atoms with E-state index >= 15 is 0 Å². The van der Waals surface area contributed by atoms with Crippen molar-refractivity contribution in [2.45, 2.75) is 25.4 Å². The summed E-state index contributed by atoms with van der Waals surface area (Å²) < 4.78 is 13.3. The Morgan fingerprint density at radius 2 is 1.68 bits per heavy atom. The van der Waals surface area contributed by atoms with Gasteiger partial charge < -0.3 is 18.9 Å². The van der Waals surface area contributed by atoms with Crippen molar-refractivity contribution < 1.29 is 19.1 Å². The van der Waals surface area contributed by atoms with Crippen LogP contribution in [0.5, 0.6) is 11.5 Å². The van der Waals surface area contributed by atoms with Gasteiger partial charge in [0.2, 0.25) is 5.91 Å². The number of hydrogen-bond donors (Lipinski definition) is 0. The highest BCUT2D eigenvalue weighted by molar-refractivity contribution is 5.98. The highest BCUT2D eigenvalue weighted by Crippen LogP contribution is 2.34. The average molecular weight is 416 g/mol. The van der Waals surface area contributed by atoms with Crippen LogP contribution in [0.15, 0.2) is 66.9 Å². The van der Waals surface area contributed by atoms with Crippen LogP contribution in [0.2, 0.25) is 0 Å². The van der Waals surface area contributed by atoms with Crippen molar-refractivity contribution >= 4 is 11.7 Å². The van der Waals surface area contributed by atoms with Crippen LogP contribution in [0.4, 0.5) is 0 Å². The summed E-state index contributed by atoms with van der Waals surface area (Å²) in [6.45, 7) is 2.36. The molecular formula is C25H24N2O4. The molecule has 0 bridgehead atoms.